The Morgan fingerprint density at radius 2 is 1.87 bits per heavy atom. The average molecular weight is 508 g/mol. The summed E-state index contributed by atoms with van der Waals surface area (Å²) in [4.78, 5) is 26.3. The smallest absolute Gasteiger partial charge is 0.265 e. The summed E-state index contributed by atoms with van der Waals surface area (Å²) in [5, 5.41) is 2.67. The maximum atomic E-state index is 13.1. The summed E-state index contributed by atoms with van der Waals surface area (Å²) in [5.74, 6) is 0.0828. The highest BCUT2D eigenvalue weighted by molar-refractivity contribution is 9.10. The van der Waals surface area contributed by atoms with Crippen LogP contribution in [0.4, 0.5) is 5.69 Å². The first-order valence-corrected chi connectivity index (χ1v) is 12.1. The maximum absolute atomic E-state index is 13.1. The van der Waals surface area contributed by atoms with Gasteiger partial charge in [-0.25, -0.2) is 8.42 Å². The molecule has 8 nitrogen and oxygen atoms in total. The van der Waals surface area contributed by atoms with Gasteiger partial charge in [-0.2, -0.15) is 4.31 Å². The monoisotopic (exact) mass is 507 g/mol. The fraction of sp³-hybridized carbons (Fsp3) is 0.333. The number of benzene rings is 2. The minimum atomic E-state index is -3.76. The third-order valence-corrected chi connectivity index (χ3v) is 8.08. The molecule has 0 radical (unpaired) electrons. The third kappa shape index (κ3) is 4.46. The number of carbonyl (C=O) groups excluding carboxylic acids is 2. The molecule has 2 aromatic rings. The normalized spacial score (nSPS) is 19.4. The highest BCUT2D eigenvalue weighted by Crippen LogP contribution is 2.33. The van der Waals surface area contributed by atoms with Gasteiger partial charge in [-0.1, -0.05) is 34.1 Å². The SMILES string of the molecule is C[C@@H]1Oc2ccc(S(=O)(=O)N3CCN(C(=O)Cc4ccccc4Br)CC3)cc2NC1=O. The molecule has 0 aromatic heterocycles. The zero-order chi connectivity index (χ0) is 22.2. The second kappa shape index (κ2) is 8.60. The first-order chi connectivity index (χ1) is 14.8. The number of halogens is 1. The first-order valence-electron chi connectivity index (χ1n) is 9.88. The Balaban J connectivity index is 1.42. The van der Waals surface area contributed by atoms with Gasteiger partial charge in [0.25, 0.3) is 5.91 Å². The quantitative estimate of drug-likeness (QED) is 0.684. The van der Waals surface area contributed by atoms with E-state index in [0.717, 1.165) is 10.0 Å². The van der Waals surface area contributed by atoms with Crippen LogP contribution in [0.2, 0.25) is 0 Å². The lowest BCUT2D eigenvalue weighted by molar-refractivity contribution is -0.131. The van der Waals surface area contributed by atoms with Gasteiger partial charge >= 0.3 is 0 Å². The van der Waals surface area contributed by atoms with Crippen LogP contribution in [0.15, 0.2) is 51.8 Å². The van der Waals surface area contributed by atoms with Crippen molar-refractivity contribution in [3.05, 3.63) is 52.5 Å². The molecule has 2 heterocycles. The molecule has 2 aromatic carbocycles. The number of carbonyl (C=O) groups is 2. The Morgan fingerprint density at radius 3 is 2.58 bits per heavy atom. The van der Waals surface area contributed by atoms with Crippen molar-refractivity contribution in [2.75, 3.05) is 31.5 Å². The van der Waals surface area contributed by atoms with Crippen molar-refractivity contribution in [2.45, 2.75) is 24.3 Å². The number of hydrogen-bond donors (Lipinski definition) is 1. The number of nitrogens with zero attached hydrogens (tertiary/aromatic N) is 2. The molecule has 1 saturated heterocycles. The summed E-state index contributed by atoms with van der Waals surface area (Å²) in [6.45, 7) is 2.69. The van der Waals surface area contributed by atoms with E-state index >= 15 is 0 Å². The minimum Gasteiger partial charge on any atom is -0.479 e. The van der Waals surface area contributed by atoms with Crippen LogP contribution in [0.3, 0.4) is 0 Å². The van der Waals surface area contributed by atoms with Crippen molar-refractivity contribution in [1.29, 1.82) is 0 Å². The molecule has 0 unspecified atom stereocenters. The molecule has 1 N–H and O–H groups in total. The largest absolute Gasteiger partial charge is 0.479 e. The standard InChI is InChI=1S/C21H22BrN3O5S/c1-14-21(27)23-18-13-16(6-7-19(18)30-14)31(28,29)25-10-8-24(9-11-25)20(26)12-15-4-2-3-5-17(15)22/h2-7,13-14H,8-12H2,1H3,(H,23,27)/t14-/m0/s1. The number of rotatable bonds is 4. The van der Waals surface area contributed by atoms with Gasteiger partial charge in [0.15, 0.2) is 6.10 Å². The van der Waals surface area contributed by atoms with Crippen LogP contribution in [0.25, 0.3) is 0 Å². The van der Waals surface area contributed by atoms with E-state index < -0.39 is 16.1 Å². The summed E-state index contributed by atoms with van der Waals surface area (Å²) < 4.78 is 33.9. The van der Waals surface area contributed by atoms with Crippen molar-refractivity contribution >= 4 is 43.5 Å². The van der Waals surface area contributed by atoms with Crippen molar-refractivity contribution in [1.82, 2.24) is 9.21 Å². The molecule has 2 amide bonds. The first kappa shape index (κ1) is 21.8. The third-order valence-electron chi connectivity index (χ3n) is 5.41. The Bertz CT molecular complexity index is 1130. The van der Waals surface area contributed by atoms with Crippen molar-refractivity contribution in [2.24, 2.45) is 0 Å². The van der Waals surface area contributed by atoms with E-state index in [0.29, 0.717) is 24.5 Å². The molecule has 164 valence electrons. The highest BCUT2D eigenvalue weighted by Gasteiger charge is 2.32. The molecular weight excluding hydrogens is 486 g/mol. The zero-order valence-electron chi connectivity index (χ0n) is 16.9. The van der Waals surface area contributed by atoms with Gasteiger partial charge in [-0.3, -0.25) is 9.59 Å². The van der Waals surface area contributed by atoms with Crippen LogP contribution in [-0.4, -0.2) is 61.7 Å². The molecule has 1 atom stereocenters. The summed E-state index contributed by atoms with van der Waals surface area (Å²) >= 11 is 3.45. The number of fused-ring (bicyclic) bond motifs is 1. The molecule has 0 bridgehead atoms. The van der Waals surface area contributed by atoms with Gasteiger partial charge in [-0.05, 0) is 36.8 Å². The number of hydrogen-bond acceptors (Lipinski definition) is 5. The number of piperazine rings is 1. The molecule has 2 aliphatic heterocycles. The van der Waals surface area contributed by atoms with Crippen molar-refractivity contribution in [3.8, 4) is 5.75 Å². The summed E-state index contributed by atoms with van der Waals surface area (Å²) in [6, 6.07) is 12.0. The van der Waals surface area contributed by atoms with Crippen molar-refractivity contribution < 1.29 is 22.7 Å². The van der Waals surface area contributed by atoms with Gasteiger partial charge in [0.1, 0.15) is 5.75 Å². The molecule has 4 rings (SSSR count). The Hall–Kier alpha value is -2.43. The Morgan fingerprint density at radius 1 is 1.16 bits per heavy atom. The fourth-order valence-corrected chi connectivity index (χ4v) is 5.47. The van der Waals surface area contributed by atoms with E-state index in [2.05, 4.69) is 21.2 Å². The maximum Gasteiger partial charge on any atom is 0.265 e. The molecule has 10 heteroatoms. The minimum absolute atomic E-state index is 0.0355. The lowest BCUT2D eigenvalue weighted by atomic mass is 10.1. The van der Waals surface area contributed by atoms with E-state index in [9.17, 15) is 18.0 Å². The van der Waals surface area contributed by atoms with E-state index in [-0.39, 0.29) is 36.2 Å². The predicted molar refractivity (Wildman–Crippen MR) is 118 cm³/mol. The highest BCUT2D eigenvalue weighted by atomic mass is 79.9. The van der Waals surface area contributed by atoms with Crippen LogP contribution in [0.1, 0.15) is 12.5 Å². The lowest BCUT2D eigenvalue weighted by Gasteiger charge is -2.34. The fourth-order valence-electron chi connectivity index (χ4n) is 3.59. The number of nitrogens with one attached hydrogen (secondary N) is 1. The molecule has 31 heavy (non-hydrogen) atoms. The van der Waals surface area contributed by atoms with E-state index in [4.69, 9.17) is 4.74 Å². The lowest BCUT2D eigenvalue weighted by Crippen LogP contribution is -2.50. The molecule has 0 aliphatic carbocycles. The van der Waals surface area contributed by atoms with Gasteiger partial charge in [0, 0.05) is 30.7 Å². The summed E-state index contributed by atoms with van der Waals surface area (Å²) in [5.41, 5.74) is 1.24. The molecular formula is C21H22BrN3O5S. The summed E-state index contributed by atoms with van der Waals surface area (Å²) in [7, 11) is -3.76. The van der Waals surface area contributed by atoms with E-state index in [1.54, 1.807) is 17.9 Å². The van der Waals surface area contributed by atoms with Gasteiger partial charge < -0.3 is 15.0 Å². The van der Waals surface area contributed by atoms with E-state index in [1.807, 2.05) is 24.3 Å². The molecule has 0 spiro atoms. The van der Waals surface area contributed by atoms with Gasteiger partial charge in [0.05, 0.1) is 17.0 Å². The topological polar surface area (TPSA) is 96.0 Å². The van der Waals surface area contributed by atoms with Crippen LogP contribution in [0.5, 0.6) is 5.75 Å². The number of anilines is 1. The van der Waals surface area contributed by atoms with Crippen LogP contribution < -0.4 is 10.1 Å². The van der Waals surface area contributed by atoms with Gasteiger partial charge in [-0.15, -0.1) is 0 Å². The summed E-state index contributed by atoms with van der Waals surface area (Å²) in [6.07, 6.45) is -0.367. The second-order valence-electron chi connectivity index (χ2n) is 7.46. The Kier molecular flexibility index (Phi) is 6.05. The van der Waals surface area contributed by atoms with Gasteiger partial charge in [0.2, 0.25) is 15.9 Å². The van der Waals surface area contributed by atoms with Crippen molar-refractivity contribution in [3.63, 3.8) is 0 Å². The number of amides is 2. The molecule has 0 saturated carbocycles. The van der Waals surface area contributed by atoms with Crippen LogP contribution in [0, 0.1) is 0 Å². The van der Waals surface area contributed by atoms with Crippen LogP contribution >= 0.6 is 15.9 Å². The van der Waals surface area contributed by atoms with Crippen LogP contribution in [-0.2, 0) is 26.0 Å². The predicted octanol–water partition coefficient (Wildman–Crippen LogP) is 2.24. The zero-order valence-corrected chi connectivity index (χ0v) is 19.3. The average Bonchev–Trinajstić information content (AvgIpc) is 2.76. The second-order valence-corrected chi connectivity index (χ2v) is 10.3. The molecule has 2 aliphatic rings. The molecule has 1 fully saturated rings. The number of sulfonamides is 1. The Labute approximate surface area is 189 Å². The number of ether oxygens (including phenoxy) is 1. The van der Waals surface area contributed by atoms with E-state index in [1.165, 1.54) is 16.4 Å².